The van der Waals surface area contributed by atoms with Gasteiger partial charge in [-0.25, -0.2) is 4.98 Å². The largest absolute Gasteiger partial charge is 0.408 e. The van der Waals surface area contributed by atoms with Crippen molar-refractivity contribution in [1.82, 2.24) is 19.7 Å². The van der Waals surface area contributed by atoms with Crippen LogP contribution < -0.4 is 5.32 Å². The van der Waals surface area contributed by atoms with Crippen molar-refractivity contribution in [3.63, 3.8) is 0 Å². The SMILES string of the molecule is Cn1ccnc1CNc1nnc(CCCl)o1. The monoisotopic (exact) mass is 241 g/mol. The Morgan fingerprint density at radius 1 is 1.50 bits per heavy atom. The highest BCUT2D eigenvalue weighted by atomic mass is 35.5. The summed E-state index contributed by atoms with van der Waals surface area (Å²) in [5.74, 6) is 1.91. The van der Waals surface area contributed by atoms with Gasteiger partial charge in [-0.2, -0.15) is 0 Å². The Balaban J connectivity index is 1.92. The number of aryl methyl sites for hydroxylation is 2. The summed E-state index contributed by atoms with van der Waals surface area (Å²) in [6.45, 7) is 0.548. The molecule has 0 bridgehead atoms. The molecule has 0 radical (unpaired) electrons. The number of imidazole rings is 1. The molecule has 86 valence electrons. The Morgan fingerprint density at radius 3 is 3.06 bits per heavy atom. The lowest BCUT2D eigenvalue weighted by atomic mass is 10.5. The average molecular weight is 242 g/mol. The quantitative estimate of drug-likeness (QED) is 0.797. The zero-order chi connectivity index (χ0) is 11.4. The first-order valence-electron chi connectivity index (χ1n) is 4.88. The third-order valence-corrected chi connectivity index (χ3v) is 2.28. The standard InChI is InChI=1S/C9H12ClN5O/c1-15-5-4-11-7(15)6-12-9-14-13-8(16-9)2-3-10/h4-5H,2-3,6H2,1H3,(H,12,14). The summed E-state index contributed by atoms with van der Waals surface area (Å²) in [4.78, 5) is 4.16. The van der Waals surface area contributed by atoms with E-state index in [2.05, 4.69) is 20.5 Å². The molecule has 0 aliphatic heterocycles. The van der Waals surface area contributed by atoms with E-state index in [-0.39, 0.29) is 0 Å². The fourth-order valence-electron chi connectivity index (χ4n) is 1.23. The number of aromatic nitrogens is 4. The predicted octanol–water partition coefficient (Wildman–Crippen LogP) is 1.20. The van der Waals surface area contributed by atoms with E-state index in [1.807, 2.05) is 17.8 Å². The molecule has 16 heavy (non-hydrogen) atoms. The molecule has 0 fully saturated rings. The molecule has 0 amide bonds. The van der Waals surface area contributed by atoms with Crippen LogP contribution >= 0.6 is 11.6 Å². The molecule has 0 aliphatic rings. The maximum atomic E-state index is 5.56. The van der Waals surface area contributed by atoms with Crippen molar-refractivity contribution >= 4 is 17.6 Å². The van der Waals surface area contributed by atoms with Gasteiger partial charge in [0.25, 0.3) is 0 Å². The molecule has 7 heteroatoms. The molecule has 2 rings (SSSR count). The smallest absolute Gasteiger partial charge is 0.315 e. The minimum Gasteiger partial charge on any atom is -0.408 e. The van der Waals surface area contributed by atoms with Crippen molar-refractivity contribution in [3.05, 3.63) is 24.1 Å². The highest BCUT2D eigenvalue weighted by Gasteiger charge is 2.06. The van der Waals surface area contributed by atoms with Crippen LogP contribution in [-0.4, -0.2) is 25.6 Å². The summed E-state index contributed by atoms with van der Waals surface area (Å²) in [6.07, 6.45) is 4.20. The molecule has 2 heterocycles. The lowest BCUT2D eigenvalue weighted by Crippen LogP contribution is -2.05. The van der Waals surface area contributed by atoms with E-state index < -0.39 is 0 Å². The first-order chi connectivity index (χ1) is 7.79. The van der Waals surface area contributed by atoms with Gasteiger partial charge in [0.15, 0.2) is 0 Å². The molecule has 0 aromatic carbocycles. The van der Waals surface area contributed by atoms with Crippen molar-refractivity contribution in [2.24, 2.45) is 7.05 Å². The molecule has 6 nitrogen and oxygen atoms in total. The fourth-order valence-corrected chi connectivity index (χ4v) is 1.39. The van der Waals surface area contributed by atoms with Crippen molar-refractivity contribution in [2.75, 3.05) is 11.2 Å². The molecule has 0 spiro atoms. The Hall–Kier alpha value is -1.56. The molecule has 0 saturated carbocycles. The van der Waals surface area contributed by atoms with Gasteiger partial charge in [-0.3, -0.25) is 0 Å². The number of anilines is 1. The molecule has 2 aromatic heterocycles. The maximum Gasteiger partial charge on any atom is 0.315 e. The van der Waals surface area contributed by atoms with Crippen LogP contribution in [0.3, 0.4) is 0 Å². The number of alkyl halides is 1. The molecule has 0 atom stereocenters. The molecule has 1 N–H and O–H groups in total. The van der Waals surface area contributed by atoms with Crippen molar-refractivity contribution in [2.45, 2.75) is 13.0 Å². The highest BCUT2D eigenvalue weighted by Crippen LogP contribution is 2.07. The minimum atomic E-state index is 0.392. The van der Waals surface area contributed by atoms with E-state index in [0.29, 0.717) is 30.8 Å². The van der Waals surface area contributed by atoms with Crippen LogP contribution in [0, 0.1) is 0 Å². The molecule has 0 unspecified atom stereocenters. The lowest BCUT2D eigenvalue weighted by Gasteiger charge is -2.00. The number of halogens is 1. The Bertz CT molecular complexity index is 452. The van der Waals surface area contributed by atoms with Gasteiger partial charge in [-0.1, -0.05) is 5.10 Å². The van der Waals surface area contributed by atoms with Gasteiger partial charge >= 0.3 is 6.01 Å². The van der Waals surface area contributed by atoms with E-state index in [9.17, 15) is 0 Å². The van der Waals surface area contributed by atoms with E-state index in [0.717, 1.165) is 5.82 Å². The molecule has 2 aromatic rings. The summed E-state index contributed by atoms with van der Waals surface area (Å²) in [5, 5.41) is 10.7. The fraction of sp³-hybridized carbons (Fsp3) is 0.444. The number of rotatable bonds is 5. The molecular weight excluding hydrogens is 230 g/mol. The topological polar surface area (TPSA) is 68.8 Å². The summed E-state index contributed by atoms with van der Waals surface area (Å²) in [7, 11) is 1.93. The van der Waals surface area contributed by atoms with Gasteiger partial charge in [-0.15, -0.1) is 16.7 Å². The number of hydrogen-bond acceptors (Lipinski definition) is 5. The van der Waals surface area contributed by atoms with Crippen LogP contribution in [0.1, 0.15) is 11.7 Å². The highest BCUT2D eigenvalue weighted by molar-refractivity contribution is 6.17. The van der Waals surface area contributed by atoms with Crippen molar-refractivity contribution in [3.8, 4) is 0 Å². The number of nitrogens with zero attached hydrogens (tertiary/aromatic N) is 4. The third-order valence-electron chi connectivity index (χ3n) is 2.09. The summed E-state index contributed by atoms with van der Waals surface area (Å²) in [5.41, 5.74) is 0. The van der Waals surface area contributed by atoms with Crippen molar-refractivity contribution < 1.29 is 4.42 Å². The van der Waals surface area contributed by atoms with Gasteiger partial charge < -0.3 is 14.3 Å². The van der Waals surface area contributed by atoms with Crippen LogP contribution in [0.25, 0.3) is 0 Å². The second kappa shape index (κ2) is 4.98. The second-order valence-electron chi connectivity index (χ2n) is 3.25. The predicted molar refractivity (Wildman–Crippen MR) is 59.3 cm³/mol. The van der Waals surface area contributed by atoms with E-state index >= 15 is 0 Å². The van der Waals surface area contributed by atoms with Gasteiger partial charge in [0.05, 0.1) is 6.54 Å². The number of nitrogens with one attached hydrogen (secondary N) is 1. The lowest BCUT2D eigenvalue weighted by molar-refractivity contribution is 0.511. The Morgan fingerprint density at radius 2 is 2.38 bits per heavy atom. The molecule has 0 aliphatic carbocycles. The first-order valence-corrected chi connectivity index (χ1v) is 5.41. The van der Waals surface area contributed by atoms with E-state index in [1.54, 1.807) is 6.20 Å². The second-order valence-corrected chi connectivity index (χ2v) is 3.63. The average Bonchev–Trinajstić information content (AvgIpc) is 2.86. The van der Waals surface area contributed by atoms with Crippen LogP contribution in [0.2, 0.25) is 0 Å². The maximum absolute atomic E-state index is 5.56. The van der Waals surface area contributed by atoms with Crippen molar-refractivity contribution in [1.29, 1.82) is 0 Å². The van der Waals surface area contributed by atoms with Crippen LogP contribution in [0.5, 0.6) is 0 Å². The van der Waals surface area contributed by atoms with Crippen LogP contribution in [0.15, 0.2) is 16.8 Å². The Labute approximate surface area is 97.6 Å². The normalized spacial score (nSPS) is 10.6. The third kappa shape index (κ3) is 2.52. The Kier molecular flexibility index (Phi) is 3.40. The van der Waals surface area contributed by atoms with E-state index in [4.69, 9.17) is 16.0 Å². The summed E-state index contributed by atoms with van der Waals surface area (Å²) in [6, 6.07) is 0.392. The molecule has 0 saturated heterocycles. The van der Waals surface area contributed by atoms with Gasteiger partial charge in [0.1, 0.15) is 5.82 Å². The summed E-state index contributed by atoms with van der Waals surface area (Å²) >= 11 is 5.56. The van der Waals surface area contributed by atoms with Crippen LogP contribution in [-0.2, 0) is 20.0 Å². The zero-order valence-corrected chi connectivity index (χ0v) is 9.61. The minimum absolute atomic E-state index is 0.392. The molecular formula is C9H12ClN5O. The van der Waals surface area contributed by atoms with Gasteiger partial charge in [-0.05, 0) is 0 Å². The number of hydrogen-bond donors (Lipinski definition) is 1. The summed E-state index contributed by atoms with van der Waals surface area (Å²) < 4.78 is 7.23. The zero-order valence-electron chi connectivity index (χ0n) is 8.85. The van der Waals surface area contributed by atoms with Crippen LogP contribution in [0.4, 0.5) is 6.01 Å². The van der Waals surface area contributed by atoms with E-state index in [1.165, 1.54) is 0 Å². The van der Waals surface area contributed by atoms with Gasteiger partial charge in [0, 0.05) is 31.7 Å². The first kappa shape index (κ1) is 10.9. The van der Waals surface area contributed by atoms with Gasteiger partial charge in [0.2, 0.25) is 5.89 Å².